The molecule has 0 aliphatic carbocycles. The number of fused-ring (bicyclic) bond motifs is 2. The Hall–Kier alpha value is -5.28. The van der Waals surface area contributed by atoms with Gasteiger partial charge in [-0.15, -0.1) is 0 Å². The molecule has 16 heteroatoms. The first kappa shape index (κ1) is 41.9. The van der Waals surface area contributed by atoms with Gasteiger partial charge in [0.25, 0.3) is 0 Å². The molecule has 318 valence electrons. The monoisotopic (exact) mass is 824 g/mol. The predicted molar refractivity (Wildman–Crippen MR) is 222 cm³/mol. The van der Waals surface area contributed by atoms with Crippen molar-refractivity contribution < 1.29 is 29.2 Å². The van der Waals surface area contributed by atoms with Crippen LogP contribution in [0.2, 0.25) is 0 Å². The fourth-order valence-electron chi connectivity index (χ4n) is 8.55. The van der Waals surface area contributed by atoms with Gasteiger partial charge in [-0.05, 0) is 110 Å². The largest absolute Gasteiger partial charge is 0.418 e. The lowest BCUT2D eigenvalue weighted by atomic mass is 9.81. The maximum absolute atomic E-state index is 13.8. The molecule has 0 radical (unpaired) electrons. The Kier molecular flexibility index (Phi) is 12.2. The molecule has 2 saturated heterocycles. The van der Waals surface area contributed by atoms with Crippen LogP contribution in [-0.2, 0) is 12.4 Å². The van der Waals surface area contributed by atoms with E-state index in [-0.39, 0.29) is 25.6 Å². The summed E-state index contributed by atoms with van der Waals surface area (Å²) in [5.74, 6) is 3.97. The summed E-state index contributed by atoms with van der Waals surface area (Å²) in [6, 6.07) is 12.0. The van der Waals surface area contributed by atoms with Crippen LogP contribution in [-0.4, -0.2) is 66.5 Å². The van der Waals surface area contributed by atoms with Crippen molar-refractivity contribution in [3.8, 4) is 22.8 Å². The molecule has 0 spiro atoms. The number of aromatic amines is 2. The minimum absolute atomic E-state index is 0. The van der Waals surface area contributed by atoms with Crippen molar-refractivity contribution in [2.24, 2.45) is 29.6 Å². The van der Waals surface area contributed by atoms with Gasteiger partial charge in [-0.1, -0.05) is 34.6 Å². The Balaban J connectivity index is 0.000000224. The highest BCUT2D eigenvalue weighted by Crippen LogP contribution is 2.41. The van der Waals surface area contributed by atoms with Gasteiger partial charge in [0, 0.05) is 52.2 Å². The molecule has 59 heavy (non-hydrogen) atoms. The SMILES string of the molecule is CC(C)C[C@H]1CCCN(c2ccc(C(F)(F)F)c(-c3[nH]nc4ncccc34)n2)C1.CC(C)C[C@H]1CN(c2ccc(C(F)(F)F)c(-c3[nH]nc4ncccc34)n2)CC[C@@H]1C.[HH].[HH]. The van der Waals surface area contributed by atoms with E-state index in [1.807, 2.05) is 0 Å². The van der Waals surface area contributed by atoms with Crippen LogP contribution < -0.4 is 9.80 Å². The van der Waals surface area contributed by atoms with E-state index in [9.17, 15) is 26.3 Å². The van der Waals surface area contributed by atoms with Crippen molar-refractivity contribution in [3.05, 3.63) is 72.1 Å². The summed E-state index contributed by atoms with van der Waals surface area (Å²) in [7, 11) is 0. The van der Waals surface area contributed by atoms with Gasteiger partial charge in [-0.25, -0.2) is 19.9 Å². The third kappa shape index (κ3) is 9.46. The molecular formula is C43H54F6N10. The zero-order valence-corrected chi connectivity index (χ0v) is 33.9. The van der Waals surface area contributed by atoms with Gasteiger partial charge in [0.05, 0.1) is 22.5 Å². The maximum atomic E-state index is 13.8. The van der Waals surface area contributed by atoms with Crippen molar-refractivity contribution >= 4 is 33.7 Å². The van der Waals surface area contributed by atoms with Crippen LogP contribution >= 0.6 is 0 Å². The molecule has 0 amide bonds. The zero-order chi connectivity index (χ0) is 42.1. The summed E-state index contributed by atoms with van der Waals surface area (Å²) in [5, 5.41) is 14.6. The highest BCUT2D eigenvalue weighted by Gasteiger charge is 2.38. The molecular weight excluding hydrogens is 771 g/mol. The zero-order valence-electron chi connectivity index (χ0n) is 33.9. The van der Waals surface area contributed by atoms with E-state index in [1.165, 1.54) is 12.1 Å². The van der Waals surface area contributed by atoms with E-state index in [0.717, 1.165) is 70.4 Å². The van der Waals surface area contributed by atoms with Crippen LogP contribution in [0.1, 0.15) is 80.7 Å². The topological polar surface area (TPSA) is 115 Å². The first-order valence-electron chi connectivity index (χ1n) is 20.3. The number of hydrogen-bond acceptors (Lipinski definition) is 8. The highest BCUT2D eigenvalue weighted by molar-refractivity contribution is 5.91. The van der Waals surface area contributed by atoms with E-state index in [4.69, 9.17) is 0 Å². The van der Waals surface area contributed by atoms with Crippen molar-refractivity contribution in [1.29, 1.82) is 0 Å². The number of pyridine rings is 4. The lowest BCUT2D eigenvalue weighted by molar-refractivity contribution is -0.138. The molecule has 3 atom stereocenters. The van der Waals surface area contributed by atoms with Gasteiger partial charge < -0.3 is 9.80 Å². The van der Waals surface area contributed by atoms with E-state index in [2.05, 4.69) is 84.7 Å². The predicted octanol–water partition coefficient (Wildman–Crippen LogP) is 11.3. The fourth-order valence-corrected chi connectivity index (χ4v) is 8.55. The van der Waals surface area contributed by atoms with Crippen molar-refractivity contribution in [1.82, 2.24) is 40.3 Å². The van der Waals surface area contributed by atoms with Crippen molar-refractivity contribution in [3.63, 3.8) is 0 Å². The number of anilines is 2. The Labute approximate surface area is 342 Å². The summed E-state index contributed by atoms with van der Waals surface area (Å²) in [5.41, 5.74) is -0.564. The van der Waals surface area contributed by atoms with Crippen LogP contribution in [0, 0.1) is 29.6 Å². The summed E-state index contributed by atoms with van der Waals surface area (Å²) in [4.78, 5) is 21.4. The Morgan fingerprint density at radius 3 is 1.68 bits per heavy atom. The molecule has 0 bridgehead atoms. The number of rotatable bonds is 8. The average molecular weight is 825 g/mol. The third-order valence-electron chi connectivity index (χ3n) is 11.4. The second-order valence-electron chi connectivity index (χ2n) is 16.8. The summed E-state index contributed by atoms with van der Waals surface area (Å²) in [6.45, 7) is 14.3. The summed E-state index contributed by atoms with van der Waals surface area (Å²) >= 11 is 0. The maximum Gasteiger partial charge on any atom is 0.418 e. The molecule has 2 N–H and O–H groups in total. The van der Waals surface area contributed by atoms with Crippen LogP contribution in [0.25, 0.3) is 44.8 Å². The number of nitrogens with one attached hydrogen (secondary N) is 2. The van der Waals surface area contributed by atoms with Gasteiger partial charge >= 0.3 is 12.4 Å². The number of H-pyrrole nitrogens is 2. The minimum Gasteiger partial charge on any atom is -0.356 e. The Morgan fingerprint density at radius 1 is 0.678 bits per heavy atom. The quantitative estimate of drug-likeness (QED) is 0.146. The summed E-state index contributed by atoms with van der Waals surface area (Å²) in [6.07, 6.45) is -0.518. The fraction of sp³-hybridized carbons (Fsp3) is 0.488. The minimum atomic E-state index is -4.52. The van der Waals surface area contributed by atoms with Gasteiger partial charge in [-0.2, -0.15) is 36.5 Å². The van der Waals surface area contributed by atoms with Crippen LogP contribution in [0.5, 0.6) is 0 Å². The molecule has 8 heterocycles. The van der Waals surface area contributed by atoms with E-state index in [0.29, 0.717) is 63.3 Å². The van der Waals surface area contributed by atoms with Gasteiger partial charge in [0.2, 0.25) is 0 Å². The number of halogens is 6. The van der Waals surface area contributed by atoms with Crippen molar-refractivity contribution in [2.45, 2.75) is 79.1 Å². The van der Waals surface area contributed by atoms with Gasteiger partial charge in [0.15, 0.2) is 11.3 Å². The van der Waals surface area contributed by atoms with E-state index in [1.54, 1.807) is 36.7 Å². The van der Waals surface area contributed by atoms with E-state index >= 15 is 0 Å². The lowest BCUT2D eigenvalue weighted by Crippen LogP contribution is -2.40. The lowest BCUT2D eigenvalue weighted by Gasteiger charge is -2.38. The van der Waals surface area contributed by atoms with Crippen LogP contribution in [0.15, 0.2) is 60.9 Å². The van der Waals surface area contributed by atoms with Gasteiger partial charge in [-0.3, -0.25) is 10.2 Å². The molecule has 0 aromatic carbocycles. The number of aromatic nitrogens is 8. The molecule has 0 saturated carbocycles. The van der Waals surface area contributed by atoms with Gasteiger partial charge in [0.1, 0.15) is 23.0 Å². The van der Waals surface area contributed by atoms with Crippen LogP contribution in [0.3, 0.4) is 0 Å². The first-order chi connectivity index (χ1) is 28.1. The molecule has 6 aromatic rings. The molecule has 2 fully saturated rings. The standard InChI is InChI=1S/C22H26F3N5.C21H24F3N5.2H2/c1-13(2)11-15-12-30(10-8-14(15)3)18-7-6-17(22(23,24)25)20(27-18)19-16-5-4-9-26-21(16)29-28-19;1-13(2)11-14-5-4-10-29(12-14)17-8-7-16(21(22,23)24)19(26-17)18-15-6-3-9-25-20(15)28-27-18;;/h4-7,9,13-15H,8,10-12H2,1-3H3,(H,26,28,29);3,6-9,13-14H,4-5,10-12H2,1-2H3,(H,25,27,28);2*1H/t14-,15-;14-;;/m01../s1. The number of nitrogens with zero attached hydrogens (tertiary/aromatic N) is 8. The Bertz CT molecular complexity index is 2360. The van der Waals surface area contributed by atoms with Crippen LogP contribution in [0.4, 0.5) is 38.0 Å². The highest BCUT2D eigenvalue weighted by atomic mass is 19.4. The Morgan fingerprint density at radius 2 is 1.19 bits per heavy atom. The normalized spacial score (nSPS) is 19.2. The smallest absolute Gasteiger partial charge is 0.356 e. The first-order valence-corrected chi connectivity index (χ1v) is 20.3. The number of piperidine rings is 2. The number of hydrogen-bond donors (Lipinski definition) is 2. The molecule has 8 rings (SSSR count). The third-order valence-corrected chi connectivity index (χ3v) is 11.4. The molecule has 2 aliphatic heterocycles. The van der Waals surface area contributed by atoms with E-state index < -0.39 is 23.5 Å². The molecule has 10 nitrogen and oxygen atoms in total. The summed E-state index contributed by atoms with van der Waals surface area (Å²) < 4.78 is 82.5. The molecule has 0 unspecified atom stereocenters. The molecule has 6 aromatic heterocycles. The molecule has 2 aliphatic rings. The second kappa shape index (κ2) is 17.1. The average Bonchev–Trinajstić information content (AvgIpc) is 3.83. The number of alkyl halides is 6. The second-order valence-corrected chi connectivity index (χ2v) is 16.8. The van der Waals surface area contributed by atoms with Crippen molar-refractivity contribution in [2.75, 3.05) is 36.0 Å².